The lowest BCUT2D eigenvalue weighted by atomic mass is 10.2. The minimum absolute atomic E-state index is 0.182. The number of benzene rings is 1. The molecule has 1 heterocycles. The fraction of sp³-hybridized carbons (Fsp3) is 0.417. The fourth-order valence-corrected chi connectivity index (χ4v) is 2.93. The first-order valence-corrected chi connectivity index (χ1v) is 6.42. The van der Waals surface area contributed by atoms with E-state index in [-0.39, 0.29) is 5.56 Å². The van der Waals surface area contributed by atoms with Gasteiger partial charge in [0.15, 0.2) is 0 Å². The molecular weight excluding hydrogens is 238 g/mol. The van der Waals surface area contributed by atoms with Crippen LogP contribution >= 0.6 is 11.8 Å². The van der Waals surface area contributed by atoms with E-state index >= 15 is 0 Å². The number of hydrogen-bond acceptors (Lipinski definition) is 4. The highest BCUT2D eigenvalue weighted by Crippen LogP contribution is 2.31. The fourth-order valence-electron chi connectivity index (χ4n) is 1.78. The molecule has 4 nitrogen and oxygen atoms in total. The summed E-state index contributed by atoms with van der Waals surface area (Å²) in [5, 5.41) is 9.50. The second-order valence-electron chi connectivity index (χ2n) is 3.98. The summed E-state index contributed by atoms with van der Waals surface area (Å²) >= 11 is 1.71. The molecule has 0 atom stereocenters. The number of anilines is 1. The zero-order valence-electron chi connectivity index (χ0n) is 9.39. The number of carbonyl (C=O) groups is 1. The Morgan fingerprint density at radius 2 is 2.12 bits per heavy atom. The molecule has 0 saturated carbocycles. The molecule has 0 bridgehead atoms. The number of carboxylic acids is 1. The van der Waals surface area contributed by atoms with Crippen LogP contribution in [0.5, 0.6) is 0 Å². The van der Waals surface area contributed by atoms with Crippen molar-refractivity contribution in [2.24, 2.45) is 0 Å². The van der Waals surface area contributed by atoms with Crippen LogP contribution in [0.25, 0.3) is 0 Å². The zero-order chi connectivity index (χ0) is 12.3. The van der Waals surface area contributed by atoms with Crippen LogP contribution in [-0.4, -0.2) is 29.5 Å². The molecule has 1 aliphatic heterocycles. The quantitative estimate of drug-likeness (QED) is 0.808. The molecular formula is C12H15NO3S. The molecule has 0 aliphatic carbocycles. The average Bonchev–Trinajstić information content (AvgIpc) is 2.32. The summed E-state index contributed by atoms with van der Waals surface area (Å²) in [6.45, 7) is 1.58. The van der Waals surface area contributed by atoms with Crippen molar-refractivity contribution in [3.63, 3.8) is 0 Å². The summed E-state index contributed by atoms with van der Waals surface area (Å²) in [6, 6.07) is 5.19. The van der Waals surface area contributed by atoms with Crippen molar-refractivity contribution in [2.75, 3.05) is 18.9 Å². The number of aromatic carboxylic acids is 1. The summed E-state index contributed by atoms with van der Waals surface area (Å²) < 4.78 is 5.29. The third-order valence-corrected chi connectivity index (χ3v) is 4.06. The monoisotopic (exact) mass is 253 g/mol. The molecule has 1 aromatic carbocycles. The lowest BCUT2D eigenvalue weighted by Gasteiger charge is -2.21. The van der Waals surface area contributed by atoms with Crippen molar-refractivity contribution in [1.29, 1.82) is 0 Å². The highest BCUT2D eigenvalue weighted by Gasteiger charge is 2.16. The molecule has 0 spiro atoms. The maximum atomic E-state index is 11.0. The van der Waals surface area contributed by atoms with Crippen molar-refractivity contribution in [3.8, 4) is 0 Å². The molecule has 0 radical (unpaired) electrons. The molecule has 0 unspecified atom stereocenters. The minimum Gasteiger partial charge on any atom is -0.478 e. The average molecular weight is 253 g/mol. The molecule has 1 aliphatic rings. The largest absolute Gasteiger partial charge is 0.478 e. The van der Waals surface area contributed by atoms with Crippen LogP contribution in [0.4, 0.5) is 5.69 Å². The van der Waals surface area contributed by atoms with Gasteiger partial charge in [0.1, 0.15) is 0 Å². The van der Waals surface area contributed by atoms with Crippen molar-refractivity contribution >= 4 is 23.4 Å². The van der Waals surface area contributed by atoms with Gasteiger partial charge in [-0.1, -0.05) is 0 Å². The first kappa shape index (κ1) is 12.3. The molecule has 1 aromatic rings. The van der Waals surface area contributed by atoms with Gasteiger partial charge in [0, 0.05) is 29.0 Å². The van der Waals surface area contributed by atoms with E-state index in [4.69, 9.17) is 15.6 Å². The van der Waals surface area contributed by atoms with Crippen molar-refractivity contribution in [1.82, 2.24) is 0 Å². The zero-order valence-corrected chi connectivity index (χ0v) is 10.2. The maximum absolute atomic E-state index is 11.0. The van der Waals surface area contributed by atoms with Crippen molar-refractivity contribution in [3.05, 3.63) is 23.8 Å². The van der Waals surface area contributed by atoms with Gasteiger partial charge in [-0.15, -0.1) is 11.8 Å². The van der Waals surface area contributed by atoms with E-state index in [1.807, 2.05) is 6.07 Å². The lowest BCUT2D eigenvalue weighted by molar-refractivity contribution is 0.0697. The van der Waals surface area contributed by atoms with Gasteiger partial charge in [0.05, 0.1) is 5.56 Å². The number of rotatable bonds is 3. The molecule has 0 amide bonds. The van der Waals surface area contributed by atoms with E-state index in [1.54, 1.807) is 23.9 Å². The Balaban J connectivity index is 2.10. The molecule has 2 rings (SSSR count). The van der Waals surface area contributed by atoms with E-state index < -0.39 is 5.97 Å². The number of nitrogens with two attached hydrogens (primary N) is 1. The Labute approximate surface area is 104 Å². The Hall–Kier alpha value is -1.20. The van der Waals surface area contributed by atoms with Crippen LogP contribution in [0.15, 0.2) is 23.1 Å². The van der Waals surface area contributed by atoms with Crippen molar-refractivity contribution in [2.45, 2.75) is 23.0 Å². The summed E-state index contributed by atoms with van der Waals surface area (Å²) in [7, 11) is 0. The summed E-state index contributed by atoms with van der Waals surface area (Å²) in [4.78, 5) is 11.9. The first-order valence-electron chi connectivity index (χ1n) is 5.54. The van der Waals surface area contributed by atoms with Gasteiger partial charge in [-0.2, -0.15) is 0 Å². The number of hydrogen-bond donors (Lipinski definition) is 2. The molecule has 3 N–H and O–H groups in total. The van der Waals surface area contributed by atoms with Gasteiger partial charge in [0.25, 0.3) is 0 Å². The number of carboxylic acid groups (broad SMARTS) is 1. The predicted octanol–water partition coefficient (Wildman–Crippen LogP) is 2.24. The van der Waals surface area contributed by atoms with Crippen LogP contribution in [-0.2, 0) is 4.74 Å². The van der Waals surface area contributed by atoms with Crippen LogP contribution in [0.1, 0.15) is 23.2 Å². The summed E-state index contributed by atoms with van der Waals surface area (Å²) in [6.07, 6.45) is 2.02. The van der Waals surface area contributed by atoms with Gasteiger partial charge in [-0.05, 0) is 31.0 Å². The second-order valence-corrected chi connectivity index (χ2v) is 5.36. The van der Waals surface area contributed by atoms with E-state index in [0.717, 1.165) is 31.0 Å². The number of nitrogen functional groups attached to an aromatic ring is 1. The summed E-state index contributed by atoms with van der Waals surface area (Å²) in [5.41, 5.74) is 6.11. The van der Waals surface area contributed by atoms with Crippen LogP contribution in [0.2, 0.25) is 0 Å². The molecule has 0 aromatic heterocycles. The molecule has 5 heteroatoms. The van der Waals surface area contributed by atoms with Gasteiger partial charge >= 0.3 is 5.97 Å². The number of ether oxygens (including phenoxy) is 1. The predicted molar refractivity (Wildman–Crippen MR) is 67.5 cm³/mol. The standard InChI is InChI=1S/C12H15NO3S/c13-11-2-1-9(7-10(11)12(14)15)17-8-3-5-16-6-4-8/h1-2,7-8H,3-6,13H2,(H,14,15). The highest BCUT2D eigenvalue weighted by atomic mass is 32.2. The lowest BCUT2D eigenvalue weighted by Crippen LogP contribution is -2.17. The van der Waals surface area contributed by atoms with Crippen molar-refractivity contribution < 1.29 is 14.6 Å². The smallest absolute Gasteiger partial charge is 0.337 e. The van der Waals surface area contributed by atoms with E-state index in [2.05, 4.69) is 0 Å². The molecule has 1 saturated heterocycles. The topological polar surface area (TPSA) is 72.5 Å². The maximum Gasteiger partial charge on any atom is 0.337 e. The molecule has 92 valence electrons. The molecule has 17 heavy (non-hydrogen) atoms. The Morgan fingerprint density at radius 1 is 1.41 bits per heavy atom. The van der Waals surface area contributed by atoms with Crippen LogP contribution in [0, 0.1) is 0 Å². The minimum atomic E-state index is -0.975. The van der Waals surface area contributed by atoms with Gasteiger partial charge < -0.3 is 15.6 Å². The molecule has 1 fully saturated rings. The third kappa shape index (κ3) is 3.14. The van der Waals surface area contributed by atoms with E-state index in [1.165, 1.54) is 0 Å². The Morgan fingerprint density at radius 3 is 2.76 bits per heavy atom. The van der Waals surface area contributed by atoms with Crippen LogP contribution < -0.4 is 5.73 Å². The third-order valence-electron chi connectivity index (χ3n) is 2.73. The van der Waals surface area contributed by atoms with Gasteiger partial charge in [0.2, 0.25) is 0 Å². The Kier molecular flexibility index (Phi) is 3.91. The van der Waals surface area contributed by atoms with E-state index in [0.29, 0.717) is 10.9 Å². The van der Waals surface area contributed by atoms with Crippen LogP contribution in [0.3, 0.4) is 0 Å². The second kappa shape index (κ2) is 5.42. The number of thioether (sulfide) groups is 1. The first-order chi connectivity index (χ1) is 8.16. The van der Waals surface area contributed by atoms with Gasteiger partial charge in [-0.25, -0.2) is 4.79 Å². The van der Waals surface area contributed by atoms with E-state index in [9.17, 15) is 4.79 Å². The SMILES string of the molecule is Nc1ccc(SC2CCOCC2)cc1C(=O)O. The van der Waals surface area contributed by atoms with Gasteiger partial charge in [-0.3, -0.25) is 0 Å². The highest BCUT2D eigenvalue weighted by molar-refractivity contribution is 8.00. The normalized spacial score (nSPS) is 16.9. The summed E-state index contributed by atoms with van der Waals surface area (Å²) in [5.74, 6) is -0.975. The Bertz CT molecular complexity index is 416.